The summed E-state index contributed by atoms with van der Waals surface area (Å²) in [7, 11) is 0. The van der Waals surface area contributed by atoms with Gasteiger partial charge in [0.15, 0.2) is 0 Å². The molecule has 1 aliphatic carbocycles. The fourth-order valence-electron chi connectivity index (χ4n) is 3.54. The Morgan fingerprint density at radius 3 is 2.55 bits per heavy atom. The molecule has 1 saturated heterocycles. The van der Waals surface area contributed by atoms with E-state index in [1.54, 1.807) is 0 Å². The van der Waals surface area contributed by atoms with Gasteiger partial charge in [0.2, 0.25) is 0 Å². The van der Waals surface area contributed by atoms with E-state index in [1.807, 2.05) is 0 Å². The van der Waals surface area contributed by atoms with Crippen molar-refractivity contribution in [2.75, 3.05) is 6.61 Å². The minimum Gasteiger partial charge on any atom is -0.375 e. The van der Waals surface area contributed by atoms with Crippen molar-refractivity contribution in [1.29, 1.82) is 0 Å². The zero-order valence-corrected chi connectivity index (χ0v) is 12.4. The highest BCUT2D eigenvalue weighted by Gasteiger charge is 2.46. The molecule has 1 aliphatic heterocycles. The van der Waals surface area contributed by atoms with Gasteiger partial charge in [0.05, 0.1) is 11.5 Å². The van der Waals surface area contributed by atoms with Crippen LogP contribution in [-0.2, 0) is 4.74 Å². The highest BCUT2D eigenvalue weighted by molar-refractivity contribution is 4.91. The molecule has 5 heteroatoms. The number of hydrogen-bond acceptors (Lipinski definition) is 2. The van der Waals surface area contributed by atoms with Gasteiger partial charge in [0, 0.05) is 18.7 Å². The molecule has 118 valence electrons. The van der Waals surface area contributed by atoms with Crippen LogP contribution in [0, 0.1) is 5.92 Å². The zero-order chi connectivity index (χ0) is 14.8. The Hall–Kier alpha value is -0.290. The Morgan fingerprint density at radius 2 is 1.90 bits per heavy atom. The van der Waals surface area contributed by atoms with Crippen LogP contribution in [-0.4, -0.2) is 30.5 Å². The molecule has 1 N–H and O–H groups in total. The quantitative estimate of drug-likeness (QED) is 0.847. The summed E-state index contributed by atoms with van der Waals surface area (Å²) in [5.74, 6) is -1.17. The molecule has 0 amide bonds. The van der Waals surface area contributed by atoms with E-state index in [0.29, 0.717) is 19.4 Å². The molecule has 20 heavy (non-hydrogen) atoms. The molecular weight excluding hydrogens is 267 g/mol. The maximum Gasteiger partial charge on any atom is 0.393 e. The number of hydrogen-bond donors (Lipinski definition) is 1. The molecule has 0 aromatic carbocycles. The summed E-state index contributed by atoms with van der Waals surface area (Å²) in [5.41, 5.74) is -0.182. The second kappa shape index (κ2) is 6.22. The SMILES string of the molecule is CCC1(C)CC(NC2CCCCC2C(F)(F)F)CCO1. The molecule has 2 fully saturated rings. The maximum absolute atomic E-state index is 13.1. The van der Waals surface area contributed by atoms with Crippen LogP contribution in [0.15, 0.2) is 0 Å². The number of ether oxygens (including phenoxy) is 1. The van der Waals surface area contributed by atoms with Crippen LogP contribution in [0.2, 0.25) is 0 Å². The Labute approximate surface area is 119 Å². The first-order valence-electron chi connectivity index (χ1n) is 7.81. The van der Waals surface area contributed by atoms with Gasteiger partial charge in [-0.2, -0.15) is 13.2 Å². The predicted octanol–water partition coefficient (Wildman–Crippen LogP) is 4.04. The summed E-state index contributed by atoms with van der Waals surface area (Å²) in [4.78, 5) is 0. The summed E-state index contributed by atoms with van der Waals surface area (Å²) in [6, 6.07) is -0.255. The zero-order valence-electron chi connectivity index (χ0n) is 12.4. The third-order valence-electron chi connectivity index (χ3n) is 4.98. The van der Waals surface area contributed by atoms with Crippen LogP contribution in [0.1, 0.15) is 58.8 Å². The van der Waals surface area contributed by atoms with Crippen molar-refractivity contribution in [1.82, 2.24) is 5.32 Å². The third-order valence-corrected chi connectivity index (χ3v) is 4.98. The molecular formula is C15H26F3NO. The lowest BCUT2D eigenvalue weighted by Crippen LogP contribution is -2.53. The van der Waals surface area contributed by atoms with Crippen molar-refractivity contribution in [3.63, 3.8) is 0 Å². The first-order chi connectivity index (χ1) is 9.34. The van der Waals surface area contributed by atoms with E-state index in [0.717, 1.165) is 25.7 Å². The molecule has 1 saturated carbocycles. The van der Waals surface area contributed by atoms with E-state index in [1.165, 1.54) is 0 Å². The third kappa shape index (κ3) is 3.88. The molecule has 2 rings (SSSR count). The van der Waals surface area contributed by atoms with E-state index >= 15 is 0 Å². The minimum absolute atomic E-state index is 0.154. The standard InChI is InChI=1S/C15H26F3NO/c1-3-14(2)10-11(8-9-20-14)19-13-7-5-4-6-12(13)15(16,17)18/h11-13,19H,3-10H2,1-2H3. The molecule has 2 nitrogen and oxygen atoms in total. The van der Waals surface area contributed by atoms with Crippen molar-refractivity contribution >= 4 is 0 Å². The molecule has 1 heterocycles. The van der Waals surface area contributed by atoms with E-state index < -0.39 is 18.1 Å². The average molecular weight is 293 g/mol. The first-order valence-corrected chi connectivity index (χ1v) is 7.81. The largest absolute Gasteiger partial charge is 0.393 e. The molecule has 0 spiro atoms. The molecule has 0 bridgehead atoms. The summed E-state index contributed by atoms with van der Waals surface area (Å²) in [6.07, 6.45) is 0.970. The lowest BCUT2D eigenvalue weighted by atomic mass is 9.82. The number of alkyl halides is 3. The van der Waals surface area contributed by atoms with Gasteiger partial charge < -0.3 is 10.1 Å². The second-order valence-electron chi connectivity index (χ2n) is 6.55. The van der Waals surface area contributed by atoms with Crippen LogP contribution in [0.4, 0.5) is 13.2 Å². The summed E-state index contributed by atoms with van der Waals surface area (Å²) < 4.78 is 45.1. The molecule has 0 aromatic heterocycles. The van der Waals surface area contributed by atoms with Gasteiger partial charge in [-0.25, -0.2) is 0 Å². The van der Waals surface area contributed by atoms with Crippen LogP contribution >= 0.6 is 0 Å². The van der Waals surface area contributed by atoms with Gasteiger partial charge in [-0.15, -0.1) is 0 Å². The smallest absolute Gasteiger partial charge is 0.375 e. The fourth-order valence-corrected chi connectivity index (χ4v) is 3.54. The summed E-state index contributed by atoms with van der Waals surface area (Å²) in [5, 5.41) is 3.30. The lowest BCUT2D eigenvalue weighted by Gasteiger charge is -2.42. The van der Waals surface area contributed by atoms with E-state index in [4.69, 9.17) is 4.74 Å². The fraction of sp³-hybridized carbons (Fsp3) is 1.00. The highest BCUT2D eigenvalue weighted by Crippen LogP contribution is 2.38. The number of rotatable bonds is 3. The summed E-state index contributed by atoms with van der Waals surface area (Å²) >= 11 is 0. The van der Waals surface area contributed by atoms with Crippen LogP contribution < -0.4 is 5.32 Å². The van der Waals surface area contributed by atoms with Gasteiger partial charge in [-0.05, 0) is 39.0 Å². The van der Waals surface area contributed by atoms with Crippen LogP contribution in [0.5, 0.6) is 0 Å². The lowest BCUT2D eigenvalue weighted by molar-refractivity contribution is -0.190. The Balaban J connectivity index is 1.96. The van der Waals surface area contributed by atoms with Gasteiger partial charge in [-0.1, -0.05) is 19.8 Å². The van der Waals surface area contributed by atoms with Crippen LogP contribution in [0.3, 0.4) is 0 Å². The Kier molecular flexibility index (Phi) is 5.00. The Bertz CT molecular complexity index is 321. The summed E-state index contributed by atoms with van der Waals surface area (Å²) in [6.45, 7) is 4.77. The Morgan fingerprint density at radius 1 is 1.20 bits per heavy atom. The molecule has 0 radical (unpaired) electrons. The van der Waals surface area contributed by atoms with Gasteiger partial charge in [-0.3, -0.25) is 0 Å². The van der Waals surface area contributed by atoms with Crippen LogP contribution in [0.25, 0.3) is 0 Å². The highest BCUT2D eigenvalue weighted by atomic mass is 19.4. The number of nitrogens with one attached hydrogen (secondary N) is 1. The van der Waals surface area contributed by atoms with Crippen molar-refractivity contribution < 1.29 is 17.9 Å². The molecule has 4 atom stereocenters. The molecule has 2 aliphatic rings. The molecule has 0 aromatic rings. The topological polar surface area (TPSA) is 21.3 Å². The van der Waals surface area contributed by atoms with Crippen molar-refractivity contribution in [2.24, 2.45) is 5.92 Å². The molecule has 4 unspecified atom stereocenters. The van der Waals surface area contributed by atoms with Crippen molar-refractivity contribution in [3.05, 3.63) is 0 Å². The first kappa shape index (κ1) is 16.1. The van der Waals surface area contributed by atoms with E-state index in [-0.39, 0.29) is 18.1 Å². The normalized spacial score (nSPS) is 39.8. The second-order valence-corrected chi connectivity index (χ2v) is 6.55. The van der Waals surface area contributed by atoms with Crippen molar-refractivity contribution in [2.45, 2.75) is 82.7 Å². The van der Waals surface area contributed by atoms with Gasteiger partial charge in [0.1, 0.15) is 0 Å². The monoisotopic (exact) mass is 293 g/mol. The van der Waals surface area contributed by atoms with Crippen molar-refractivity contribution in [3.8, 4) is 0 Å². The van der Waals surface area contributed by atoms with E-state index in [9.17, 15) is 13.2 Å². The number of halogens is 3. The predicted molar refractivity (Wildman–Crippen MR) is 72.6 cm³/mol. The van der Waals surface area contributed by atoms with Gasteiger partial charge in [0.25, 0.3) is 0 Å². The minimum atomic E-state index is -4.07. The van der Waals surface area contributed by atoms with Gasteiger partial charge >= 0.3 is 6.18 Å². The average Bonchev–Trinajstić information content (AvgIpc) is 2.38. The maximum atomic E-state index is 13.1. The van der Waals surface area contributed by atoms with E-state index in [2.05, 4.69) is 19.2 Å².